The fraction of sp³-hybridized carbons (Fsp3) is 0.667. The van der Waals surface area contributed by atoms with Crippen molar-refractivity contribution in [2.24, 2.45) is 0 Å². The maximum atomic E-state index is 10.8. The minimum atomic E-state index is -0.781. The van der Waals surface area contributed by atoms with Gasteiger partial charge < -0.3 is 9.67 Å². The summed E-state index contributed by atoms with van der Waals surface area (Å²) < 4.78 is 2.18. The molecule has 5 heteroatoms. The van der Waals surface area contributed by atoms with E-state index in [1.165, 1.54) is 12.8 Å². The van der Waals surface area contributed by atoms with Gasteiger partial charge in [0.15, 0.2) is 0 Å². The van der Waals surface area contributed by atoms with Crippen LogP contribution in [0.25, 0.3) is 0 Å². The molecule has 1 aliphatic carbocycles. The molecule has 1 saturated carbocycles. The van der Waals surface area contributed by atoms with Gasteiger partial charge in [-0.3, -0.25) is 9.69 Å². The van der Waals surface area contributed by atoms with Crippen LogP contribution in [0.3, 0.4) is 0 Å². The summed E-state index contributed by atoms with van der Waals surface area (Å²) in [4.78, 5) is 16.9. The van der Waals surface area contributed by atoms with Gasteiger partial charge in [0, 0.05) is 24.8 Å². The summed E-state index contributed by atoms with van der Waals surface area (Å²) in [6, 6.07) is 0.806. The van der Waals surface area contributed by atoms with E-state index in [-0.39, 0.29) is 12.6 Å². The van der Waals surface area contributed by atoms with Gasteiger partial charge in [-0.1, -0.05) is 0 Å². The number of imidazole rings is 1. The third-order valence-electron chi connectivity index (χ3n) is 3.12. The van der Waals surface area contributed by atoms with Gasteiger partial charge in [-0.25, -0.2) is 4.98 Å². The van der Waals surface area contributed by atoms with Crippen molar-refractivity contribution in [3.05, 3.63) is 18.2 Å². The van der Waals surface area contributed by atoms with Gasteiger partial charge >= 0.3 is 5.97 Å². The van der Waals surface area contributed by atoms with Gasteiger partial charge in [0.25, 0.3) is 0 Å². The van der Waals surface area contributed by atoms with Crippen LogP contribution in [-0.4, -0.2) is 38.1 Å². The van der Waals surface area contributed by atoms with Crippen LogP contribution in [0, 0.1) is 0 Å². The molecule has 0 radical (unpaired) electrons. The molecule has 1 aromatic heterocycles. The van der Waals surface area contributed by atoms with Crippen LogP contribution in [0.5, 0.6) is 0 Å². The van der Waals surface area contributed by atoms with Crippen LogP contribution in [-0.2, 0) is 11.3 Å². The summed E-state index contributed by atoms with van der Waals surface area (Å²) in [5.41, 5.74) is 1.11. The fourth-order valence-electron chi connectivity index (χ4n) is 1.94. The fourth-order valence-corrected chi connectivity index (χ4v) is 1.94. The molecule has 0 aliphatic heterocycles. The summed E-state index contributed by atoms with van der Waals surface area (Å²) in [7, 11) is 0. The predicted octanol–water partition coefficient (Wildman–Crippen LogP) is 1.51. The van der Waals surface area contributed by atoms with Crippen molar-refractivity contribution in [2.75, 3.05) is 6.54 Å². The zero-order valence-corrected chi connectivity index (χ0v) is 10.3. The van der Waals surface area contributed by atoms with E-state index in [1.807, 2.05) is 31.3 Å². The molecule has 1 aliphatic rings. The van der Waals surface area contributed by atoms with Crippen LogP contribution in [0.1, 0.15) is 38.4 Å². The molecular weight excluding hydrogens is 218 g/mol. The van der Waals surface area contributed by atoms with Gasteiger partial charge in [-0.05, 0) is 26.7 Å². The first-order valence-corrected chi connectivity index (χ1v) is 6.04. The number of aromatic nitrogens is 2. The quantitative estimate of drug-likeness (QED) is 0.814. The molecule has 0 bridgehead atoms. The van der Waals surface area contributed by atoms with Gasteiger partial charge in [-0.15, -0.1) is 0 Å². The molecule has 1 aromatic rings. The zero-order valence-electron chi connectivity index (χ0n) is 10.3. The van der Waals surface area contributed by atoms with E-state index in [0.717, 1.165) is 5.69 Å². The number of carbonyl (C=O) groups is 1. The van der Waals surface area contributed by atoms with Gasteiger partial charge in [0.05, 0.1) is 18.6 Å². The lowest BCUT2D eigenvalue weighted by Crippen LogP contribution is -2.35. The van der Waals surface area contributed by atoms with E-state index in [1.54, 1.807) is 0 Å². The molecule has 0 saturated heterocycles. The Morgan fingerprint density at radius 2 is 2.35 bits per heavy atom. The summed E-state index contributed by atoms with van der Waals surface area (Å²) >= 11 is 0. The molecule has 1 fully saturated rings. The number of carboxylic acids is 1. The number of hydrogen-bond acceptors (Lipinski definition) is 3. The van der Waals surface area contributed by atoms with Crippen LogP contribution < -0.4 is 0 Å². The summed E-state index contributed by atoms with van der Waals surface area (Å²) in [6.07, 6.45) is 6.12. The van der Waals surface area contributed by atoms with E-state index in [2.05, 4.69) is 9.55 Å². The summed E-state index contributed by atoms with van der Waals surface area (Å²) in [5, 5.41) is 8.89. The molecule has 94 valence electrons. The molecule has 1 N–H and O–H groups in total. The highest BCUT2D eigenvalue weighted by molar-refractivity contribution is 5.69. The second-order valence-electron chi connectivity index (χ2n) is 4.92. The first kappa shape index (κ1) is 12.1. The molecule has 0 amide bonds. The van der Waals surface area contributed by atoms with E-state index in [4.69, 9.17) is 5.11 Å². The first-order chi connectivity index (χ1) is 8.08. The third-order valence-corrected chi connectivity index (χ3v) is 3.12. The van der Waals surface area contributed by atoms with Gasteiger partial charge in [-0.2, -0.15) is 0 Å². The second-order valence-corrected chi connectivity index (χ2v) is 4.92. The molecule has 0 atom stereocenters. The van der Waals surface area contributed by atoms with Crippen molar-refractivity contribution < 1.29 is 9.90 Å². The van der Waals surface area contributed by atoms with Crippen LogP contribution in [0.15, 0.2) is 12.5 Å². The topological polar surface area (TPSA) is 58.4 Å². The summed E-state index contributed by atoms with van der Waals surface area (Å²) in [6.45, 7) is 4.76. The lowest BCUT2D eigenvalue weighted by atomic mass is 10.3. The largest absolute Gasteiger partial charge is 0.480 e. The van der Waals surface area contributed by atoms with Crippen molar-refractivity contribution in [2.45, 2.75) is 45.3 Å². The smallest absolute Gasteiger partial charge is 0.317 e. The number of hydrogen-bond donors (Lipinski definition) is 1. The number of carboxylic acid groups (broad SMARTS) is 1. The lowest BCUT2D eigenvalue weighted by Gasteiger charge is -2.24. The maximum Gasteiger partial charge on any atom is 0.317 e. The third kappa shape index (κ3) is 3.06. The Morgan fingerprint density at radius 1 is 1.65 bits per heavy atom. The van der Waals surface area contributed by atoms with E-state index >= 15 is 0 Å². The Labute approximate surface area is 101 Å². The average molecular weight is 237 g/mol. The predicted molar refractivity (Wildman–Crippen MR) is 63.7 cm³/mol. The minimum Gasteiger partial charge on any atom is -0.480 e. The Morgan fingerprint density at radius 3 is 2.88 bits per heavy atom. The Balaban J connectivity index is 2.05. The number of aliphatic carboxylic acids is 1. The van der Waals surface area contributed by atoms with E-state index < -0.39 is 5.97 Å². The van der Waals surface area contributed by atoms with Crippen molar-refractivity contribution in [3.8, 4) is 0 Å². The summed E-state index contributed by atoms with van der Waals surface area (Å²) in [5.74, 6) is -0.781. The van der Waals surface area contributed by atoms with Crippen LogP contribution in [0.4, 0.5) is 0 Å². The molecular formula is C12H19N3O2. The van der Waals surface area contributed by atoms with Gasteiger partial charge in [0.2, 0.25) is 0 Å². The number of nitrogens with zero attached hydrogens (tertiary/aromatic N) is 3. The molecule has 0 unspecified atom stereocenters. The Kier molecular flexibility index (Phi) is 3.47. The highest BCUT2D eigenvalue weighted by Gasteiger charge is 2.26. The normalized spacial score (nSPS) is 15.8. The number of rotatable bonds is 6. The highest BCUT2D eigenvalue weighted by Crippen LogP contribution is 2.35. The van der Waals surface area contributed by atoms with Crippen LogP contribution >= 0.6 is 0 Å². The first-order valence-electron chi connectivity index (χ1n) is 6.04. The Bertz CT molecular complexity index is 396. The Hall–Kier alpha value is -1.36. The van der Waals surface area contributed by atoms with E-state index in [9.17, 15) is 4.79 Å². The van der Waals surface area contributed by atoms with E-state index in [0.29, 0.717) is 12.6 Å². The molecule has 0 aromatic carbocycles. The van der Waals surface area contributed by atoms with Crippen molar-refractivity contribution in [3.63, 3.8) is 0 Å². The van der Waals surface area contributed by atoms with Crippen molar-refractivity contribution in [1.29, 1.82) is 0 Å². The monoisotopic (exact) mass is 237 g/mol. The molecule has 17 heavy (non-hydrogen) atoms. The van der Waals surface area contributed by atoms with Crippen molar-refractivity contribution in [1.82, 2.24) is 14.5 Å². The molecule has 1 heterocycles. The van der Waals surface area contributed by atoms with Gasteiger partial charge in [0.1, 0.15) is 0 Å². The average Bonchev–Trinajstić information content (AvgIpc) is 2.98. The molecule has 5 nitrogen and oxygen atoms in total. The highest BCUT2D eigenvalue weighted by atomic mass is 16.4. The maximum absolute atomic E-state index is 10.8. The van der Waals surface area contributed by atoms with Crippen molar-refractivity contribution >= 4 is 5.97 Å². The van der Waals surface area contributed by atoms with Crippen LogP contribution in [0.2, 0.25) is 0 Å². The zero-order chi connectivity index (χ0) is 12.4. The second kappa shape index (κ2) is 4.87. The molecule has 0 spiro atoms. The standard InChI is InChI=1S/C12H19N3O2/c1-9(2)14(7-12(16)17)6-11-5-13-8-15(11)10-3-4-10/h5,8-10H,3-4,6-7H2,1-2H3,(H,16,17). The lowest BCUT2D eigenvalue weighted by molar-refractivity contribution is -0.139. The minimum absolute atomic E-state index is 0.0769. The SMILES string of the molecule is CC(C)N(CC(=O)O)Cc1cncn1C1CC1. The molecule has 2 rings (SSSR count).